The molecule has 3 aromatic carbocycles. The van der Waals surface area contributed by atoms with Gasteiger partial charge in [-0.25, -0.2) is 0 Å². The van der Waals surface area contributed by atoms with Crippen molar-refractivity contribution in [2.45, 2.75) is 26.2 Å². The summed E-state index contributed by atoms with van der Waals surface area (Å²) < 4.78 is 4.85. The summed E-state index contributed by atoms with van der Waals surface area (Å²) >= 11 is 2.68. The van der Waals surface area contributed by atoms with Crippen molar-refractivity contribution in [1.29, 1.82) is 0 Å². The van der Waals surface area contributed by atoms with Gasteiger partial charge >= 0.3 is 36.8 Å². The van der Waals surface area contributed by atoms with Gasteiger partial charge in [-0.3, -0.25) is 0 Å². The van der Waals surface area contributed by atoms with Crippen LogP contribution in [-0.4, -0.2) is 22.7 Å². The summed E-state index contributed by atoms with van der Waals surface area (Å²) in [4.78, 5) is 0. The van der Waals surface area contributed by atoms with Crippen molar-refractivity contribution < 1.29 is 21.5 Å². The van der Waals surface area contributed by atoms with E-state index in [4.69, 9.17) is 4.43 Å². The molecule has 6 radical (unpaired) electrons. The first-order chi connectivity index (χ1) is 16.0. The third-order valence-corrected chi connectivity index (χ3v) is 7.27. The second-order valence-corrected chi connectivity index (χ2v) is 18.6. The van der Waals surface area contributed by atoms with Gasteiger partial charge in [0.1, 0.15) is 0 Å². The summed E-state index contributed by atoms with van der Waals surface area (Å²) in [5.41, 5.74) is 0. The molecular formula is C28H35OPRuSi2+. The molecule has 0 amide bonds. The molecule has 0 N–H and O–H groups in total. The monoisotopic (exact) mass is 576 g/mol. The number of rotatable bonds is 4. The molecule has 1 aliphatic carbocycles. The van der Waals surface area contributed by atoms with Crippen LogP contribution in [0.2, 0.25) is 26.2 Å². The Balaban J connectivity index is 0.000000318. The van der Waals surface area contributed by atoms with Crippen LogP contribution in [0.5, 0.6) is 0 Å². The molecule has 0 aliphatic heterocycles. The third-order valence-electron chi connectivity index (χ3n) is 4.01. The molecule has 0 saturated heterocycles. The topological polar surface area (TPSA) is 9.23 Å². The summed E-state index contributed by atoms with van der Waals surface area (Å²) in [6.07, 6.45) is 10.0. The van der Waals surface area contributed by atoms with Crippen LogP contribution >= 0.6 is 7.92 Å². The Morgan fingerprint density at radius 3 is 0.939 bits per heavy atom. The van der Waals surface area contributed by atoms with Crippen molar-refractivity contribution in [1.82, 2.24) is 0 Å². The predicted octanol–water partition coefficient (Wildman–Crippen LogP) is 6.13. The minimum Gasteiger partial charge on any atom is -0.0622 e. The van der Waals surface area contributed by atoms with Gasteiger partial charge in [-0.1, -0.05) is 91.0 Å². The molecule has 33 heavy (non-hydrogen) atoms. The molecular weight excluding hydrogens is 541 g/mol. The summed E-state index contributed by atoms with van der Waals surface area (Å²) in [6.45, 7) is 8.73. The minimum atomic E-state index is -0.446. The van der Waals surface area contributed by atoms with E-state index in [0.717, 1.165) is 0 Å². The summed E-state index contributed by atoms with van der Waals surface area (Å²) in [6, 6.07) is 32.3. The Labute approximate surface area is 216 Å². The Bertz CT molecular complexity index is 751. The molecule has 0 bridgehead atoms. The zero-order chi connectivity index (χ0) is 24.3. The van der Waals surface area contributed by atoms with Crippen LogP contribution < -0.4 is 15.9 Å². The fraction of sp³-hybridized carbons (Fsp3) is 0.179. The molecule has 0 unspecified atom stereocenters. The van der Waals surface area contributed by atoms with E-state index >= 15 is 0 Å². The van der Waals surface area contributed by atoms with E-state index in [1.165, 1.54) is 15.9 Å². The minimum absolute atomic E-state index is 0.0504. The van der Waals surface area contributed by atoms with E-state index in [2.05, 4.69) is 134 Å². The zero-order valence-corrected chi connectivity index (χ0v) is 24.9. The summed E-state index contributed by atoms with van der Waals surface area (Å²) in [5, 5.41) is 4.19. The van der Waals surface area contributed by atoms with Gasteiger partial charge in [-0.05, 0) is 69.0 Å². The van der Waals surface area contributed by atoms with Gasteiger partial charge < -0.3 is 4.43 Å². The Morgan fingerprint density at radius 1 is 0.545 bits per heavy atom. The van der Waals surface area contributed by atoms with Gasteiger partial charge in [0.15, 0.2) is 0 Å². The van der Waals surface area contributed by atoms with Crippen molar-refractivity contribution in [3.8, 4) is 0 Å². The van der Waals surface area contributed by atoms with Crippen LogP contribution in [0.1, 0.15) is 0 Å². The first kappa shape index (κ1) is 30.1. The van der Waals surface area contributed by atoms with Gasteiger partial charge in [0.25, 0.3) is 0 Å². The fourth-order valence-corrected chi connectivity index (χ4v) is 4.80. The standard InChI is InChI=1S/C18H15P.C5H5.C3H9OSi.C2H6Si.Ru/c1-4-10-16(11-5-1)19(17-12-6-2-7-13-17)18-14-8-3-9-15-18;1-2-4-5-3-1;1-4-5(2)3;1-3-2;/h1-15H;1-5H;1-3H3;1-2H3;/q;;;;+1. The van der Waals surface area contributed by atoms with Crippen molar-refractivity contribution in [3.05, 3.63) is 123 Å². The third kappa shape index (κ3) is 14.9. The quantitative estimate of drug-likeness (QED) is 0.269. The van der Waals surface area contributed by atoms with Crippen LogP contribution in [0.4, 0.5) is 0 Å². The normalized spacial score (nSPS) is 12.0. The van der Waals surface area contributed by atoms with Crippen molar-refractivity contribution in [2.75, 3.05) is 7.11 Å². The van der Waals surface area contributed by atoms with E-state index in [-0.39, 0.29) is 15.6 Å². The number of hydrogen-bond donors (Lipinski definition) is 0. The summed E-state index contributed by atoms with van der Waals surface area (Å²) in [5.74, 6) is 0. The number of hydrogen-bond acceptors (Lipinski definition) is 1. The molecule has 1 saturated carbocycles. The molecule has 5 heteroatoms. The molecule has 1 aliphatic rings. The molecule has 1 nitrogen and oxygen atoms in total. The van der Waals surface area contributed by atoms with E-state index in [0.29, 0.717) is 0 Å². The van der Waals surface area contributed by atoms with Gasteiger partial charge in [0, 0.05) is 7.11 Å². The molecule has 1 fully saturated rings. The zero-order valence-electron chi connectivity index (χ0n) is 20.3. The van der Waals surface area contributed by atoms with Crippen LogP contribution in [-0.2, 0) is 21.5 Å². The van der Waals surface area contributed by atoms with E-state index < -0.39 is 7.92 Å². The van der Waals surface area contributed by atoms with Gasteiger partial charge in [-0.2, -0.15) is 0 Å². The molecule has 0 spiro atoms. The maximum Gasteiger partial charge on any atom is -0.0134 e. The van der Waals surface area contributed by atoms with Gasteiger partial charge in [0.05, 0.1) is 0 Å². The van der Waals surface area contributed by atoms with E-state index in [9.17, 15) is 0 Å². The first-order valence-electron chi connectivity index (χ1n) is 10.9. The van der Waals surface area contributed by atoms with E-state index in [1.807, 2.05) is 32.1 Å². The van der Waals surface area contributed by atoms with Gasteiger partial charge in [0.2, 0.25) is 9.04 Å². The Morgan fingerprint density at radius 2 is 0.758 bits per heavy atom. The van der Waals surface area contributed by atoms with Crippen molar-refractivity contribution in [3.63, 3.8) is 0 Å². The van der Waals surface area contributed by atoms with Gasteiger partial charge in [-0.15, -0.1) is 0 Å². The van der Waals surface area contributed by atoms with Crippen LogP contribution in [0.15, 0.2) is 91.0 Å². The van der Waals surface area contributed by atoms with Crippen molar-refractivity contribution >= 4 is 39.4 Å². The van der Waals surface area contributed by atoms with Crippen LogP contribution in [0, 0.1) is 32.1 Å². The average Bonchev–Trinajstić information content (AvgIpc) is 3.42. The SMILES string of the molecule is CO[Si](C)C.C[Si](C)=[Ru+].[CH]1[CH][CH][CH][CH]1.c1ccc(P(c2ccccc2)c2ccccc2)cc1. The second-order valence-electron chi connectivity index (χ2n) is 7.27. The average molecular weight is 576 g/mol. The number of benzene rings is 3. The second kappa shape index (κ2) is 19.4. The maximum absolute atomic E-state index is 4.85. The van der Waals surface area contributed by atoms with Crippen LogP contribution in [0.3, 0.4) is 0 Å². The predicted molar refractivity (Wildman–Crippen MR) is 149 cm³/mol. The van der Waals surface area contributed by atoms with E-state index in [1.54, 1.807) is 7.11 Å². The molecule has 0 aromatic heterocycles. The Hall–Kier alpha value is -0.893. The smallest absolute Gasteiger partial charge is 0.0134 e. The molecule has 3 aromatic rings. The summed E-state index contributed by atoms with van der Waals surface area (Å²) in [7, 11) is 0.924. The maximum atomic E-state index is 4.85. The van der Waals surface area contributed by atoms with Crippen molar-refractivity contribution in [2.24, 2.45) is 0 Å². The van der Waals surface area contributed by atoms with Crippen LogP contribution in [0.25, 0.3) is 0 Å². The molecule has 0 heterocycles. The molecule has 173 valence electrons. The first-order valence-corrected chi connectivity index (χ1v) is 19.6. The Kier molecular flexibility index (Phi) is 17.7. The molecule has 4 rings (SSSR count). The fourth-order valence-electron chi connectivity index (χ4n) is 2.50. The largest absolute Gasteiger partial charge is 0.0622 e. The molecule has 0 atom stereocenters.